The van der Waals surface area contributed by atoms with Crippen molar-refractivity contribution < 1.29 is 14.3 Å². The quantitative estimate of drug-likeness (QED) is 0.612. The van der Waals surface area contributed by atoms with Crippen molar-refractivity contribution in [2.75, 3.05) is 6.54 Å². The number of carbonyl (C=O) groups is 2. The Balaban J connectivity index is 1.69. The molecule has 126 valence electrons. The summed E-state index contributed by atoms with van der Waals surface area (Å²) >= 11 is 7.63. The van der Waals surface area contributed by atoms with E-state index >= 15 is 0 Å². The summed E-state index contributed by atoms with van der Waals surface area (Å²) in [6.07, 6.45) is 1.75. The van der Waals surface area contributed by atoms with Gasteiger partial charge in [-0.2, -0.15) is 0 Å². The second kappa shape index (κ2) is 7.36. The minimum absolute atomic E-state index is 0.0350. The van der Waals surface area contributed by atoms with E-state index in [1.807, 2.05) is 30.5 Å². The molecule has 3 rings (SSSR count). The van der Waals surface area contributed by atoms with Crippen LogP contribution in [0.3, 0.4) is 0 Å². The summed E-state index contributed by atoms with van der Waals surface area (Å²) in [6, 6.07) is 8.60. The Hall–Kier alpha value is -1.85. The molecule has 0 spiro atoms. The van der Waals surface area contributed by atoms with E-state index in [0.29, 0.717) is 30.2 Å². The van der Waals surface area contributed by atoms with Gasteiger partial charge in [-0.1, -0.05) is 23.7 Å². The van der Waals surface area contributed by atoms with E-state index in [1.54, 1.807) is 28.4 Å². The van der Waals surface area contributed by atoms with Crippen molar-refractivity contribution in [3.63, 3.8) is 0 Å². The molecular formula is C18H18ClNO3S. The lowest BCUT2D eigenvalue weighted by atomic mass is 10.2. The van der Waals surface area contributed by atoms with Crippen molar-refractivity contribution in [3.8, 4) is 5.75 Å². The van der Waals surface area contributed by atoms with Crippen molar-refractivity contribution in [3.05, 3.63) is 51.2 Å². The number of nitrogens with zero attached hydrogens (tertiary/aromatic N) is 1. The molecule has 1 saturated heterocycles. The van der Waals surface area contributed by atoms with Crippen LogP contribution in [-0.4, -0.2) is 29.4 Å². The van der Waals surface area contributed by atoms with Crippen molar-refractivity contribution in [1.29, 1.82) is 0 Å². The number of benzene rings is 1. The SMILES string of the molecule is Cc1ccc(Cl)c(OC(=O)C2CCCN2C(=O)Cc2cccs2)c1. The summed E-state index contributed by atoms with van der Waals surface area (Å²) in [5.74, 6) is -0.106. The van der Waals surface area contributed by atoms with Gasteiger partial charge >= 0.3 is 5.97 Å². The number of likely N-dealkylation sites (tertiary alicyclic amines) is 1. The van der Waals surface area contributed by atoms with Crippen molar-refractivity contribution >= 4 is 34.8 Å². The minimum Gasteiger partial charge on any atom is -0.423 e. The largest absolute Gasteiger partial charge is 0.423 e. The first-order valence-electron chi connectivity index (χ1n) is 7.84. The first kappa shape index (κ1) is 17.0. The van der Waals surface area contributed by atoms with Crippen LogP contribution in [0.15, 0.2) is 35.7 Å². The first-order chi connectivity index (χ1) is 11.5. The number of esters is 1. The van der Waals surface area contributed by atoms with Crippen molar-refractivity contribution in [2.24, 2.45) is 0 Å². The van der Waals surface area contributed by atoms with Gasteiger partial charge in [-0.05, 0) is 48.9 Å². The molecule has 0 bridgehead atoms. The molecule has 0 aliphatic carbocycles. The molecule has 1 aromatic heterocycles. The molecule has 1 atom stereocenters. The molecule has 0 radical (unpaired) electrons. The molecule has 1 aliphatic rings. The Morgan fingerprint density at radius 2 is 2.21 bits per heavy atom. The summed E-state index contributed by atoms with van der Waals surface area (Å²) in [7, 11) is 0. The molecule has 1 aromatic carbocycles. The zero-order valence-electron chi connectivity index (χ0n) is 13.3. The third kappa shape index (κ3) is 3.79. The summed E-state index contributed by atoms with van der Waals surface area (Å²) in [6.45, 7) is 2.49. The maximum atomic E-state index is 12.5. The first-order valence-corrected chi connectivity index (χ1v) is 9.10. The molecule has 6 heteroatoms. The van der Waals surface area contributed by atoms with Gasteiger partial charge in [0.15, 0.2) is 0 Å². The van der Waals surface area contributed by atoms with E-state index < -0.39 is 12.0 Å². The van der Waals surface area contributed by atoms with Gasteiger partial charge in [-0.15, -0.1) is 11.3 Å². The molecule has 0 N–H and O–H groups in total. The molecule has 4 nitrogen and oxygen atoms in total. The van der Waals surface area contributed by atoms with Gasteiger partial charge in [0.05, 0.1) is 11.4 Å². The number of halogens is 1. The van der Waals surface area contributed by atoms with Gasteiger partial charge in [0.1, 0.15) is 11.8 Å². The molecular weight excluding hydrogens is 346 g/mol. The third-order valence-electron chi connectivity index (χ3n) is 4.05. The van der Waals surface area contributed by atoms with E-state index in [9.17, 15) is 9.59 Å². The highest BCUT2D eigenvalue weighted by molar-refractivity contribution is 7.10. The van der Waals surface area contributed by atoms with Crippen LogP contribution < -0.4 is 4.74 Å². The topological polar surface area (TPSA) is 46.6 Å². The van der Waals surface area contributed by atoms with Crippen LogP contribution in [0.5, 0.6) is 5.75 Å². The van der Waals surface area contributed by atoms with E-state index in [1.165, 1.54) is 0 Å². The lowest BCUT2D eigenvalue weighted by Crippen LogP contribution is -2.43. The molecule has 2 aromatic rings. The summed E-state index contributed by atoms with van der Waals surface area (Å²) < 4.78 is 5.46. The van der Waals surface area contributed by atoms with Crippen molar-refractivity contribution in [2.45, 2.75) is 32.2 Å². The second-order valence-corrected chi connectivity index (χ2v) is 7.30. The van der Waals surface area contributed by atoms with Crippen LogP contribution in [0.1, 0.15) is 23.3 Å². The number of hydrogen-bond donors (Lipinski definition) is 0. The lowest BCUT2D eigenvalue weighted by Gasteiger charge is -2.23. The molecule has 24 heavy (non-hydrogen) atoms. The minimum atomic E-state index is -0.533. The Bertz CT molecular complexity index is 745. The Kier molecular flexibility index (Phi) is 5.21. The van der Waals surface area contributed by atoms with Gasteiger partial charge in [0.2, 0.25) is 5.91 Å². The normalized spacial score (nSPS) is 17.1. The van der Waals surface area contributed by atoms with Crippen LogP contribution in [-0.2, 0) is 16.0 Å². The van der Waals surface area contributed by atoms with Gasteiger partial charge in [0.25, 0.3) is 0 Å². The van der Waals surface area contributed by atoms with Crippen molar-refractivity contribution in [1.82, 2.24) is 4.90 Å². The van der Waals surface area contributed by atoms with E-state index in [2.05, 4.69) is 0 Å². The fourth-order valence-electron chi connectivity index (χ4n) is 2.84. The number of hydrogen-bond acceptors (Lipinski definition) is 4. The predicted molar refractivity (Wildman–Crippen MR) is 94.6 cm³/mol. The number of carbonyl (C=O) groups excluding carboxylic acids is 2. The van der Waals surface area contributed by atoms with Crippen LogP contribution in [0.4, 0.5) is 0 Å². The molecule has 2 heterocycles. The average Bonchev–Trinajstić information content (AvgIpc) is 3.21. The summed E-state index contributed by atoms with van der Waals surface area (Å²) in [5, 5.41) is 2.33. The molecule has 1 unspecified atom stereocenters. The maximum Gasteiger partial charge on any atom is 0.334 e. The monoisotopic (exact) mass is 363 g/mol. The fourth-order valence-corrected chi connectivity index (χ4v) is 3.69. The van der Waals surface area contributed by atoms with Crippen LogP contribution in [0.2, 0.25) is 5.02 Å². The van der Waals surface area contributed by atoms with Crippen LogP contribution in [0.25, 0.3) is 0 Å². The van der Waals surface area contributed by atoms with Gasteiger partial charge in [-0.3, -0.25) is 4.79 Å². The van der Waals surface area contributed by atoms with Crippen LogP contribution >= 0.6 is 22.9 Å². The number of amides is 1. The molecule has 1 amide bonds. The maximum absolute atomic E-state index is 12.5. The summed E-state index contributed by atoms with van der Waals surface area (Å²) in [5.41, 5.74) is 0.958. The fraction of sp³-hybridized carbons (Fsp3) is 0.333. The molecule has 0 saturated carbocycles. The molecule has 1 aliphatic heterocycles. The van der Waals surface area contributed by atoms with Gasteiger partial charge in [-0.25, -0.2) is 4.79 Å². The van der Waals surface area contributed by atoms with Gasteiger partial charge < -0.3 is 9.64 Å². The number of rotatable bonds is 4. The zero-order chi connectivity index (χ0) is 17.1. The third-order valence-corrected chi connectivity index (χ3v) is 5.24. The smallest absolute Gasteiger partial charge is 0.334 e. The van der Waals surface area contributed by atoms with Gasteiger partial charge in [0, 0.05) is 11.4 Å². The molecule has 1 fully saturated rings. The highest BCUT2D eigenvalue weighted by Crippen LogP contribution is 2.28. The Morgan fingerprint density at radius 1 is 1.38 bits per heavy atom. The Labute approximate surface area is 150 Å². The second-order valence-electron chi connectivity index (χ2n) is 5.86. The predicted octanol–water partition coefficient (Wildman–Crippen LogP) is 3.85. The standard InChI is InChI=1S/C18H18ClNO3S/c1-12-6-7-14(19)16(10-12)23-18(22)15-5-2-8-20(15)17(21)11-13-4-3-9-24-13/h3-4,6-7,9-10,15H,2,5,8,11H2,1H3. The highest BCUT2D eigenvalue weighted by Gasteiger charge is 2.35. The summed E-state index contributed by atoms with van der Waals surface area (Å²) in [4.78, 5) is 27.7. The highest BCUT2D eigenvalue weighted by atomic mass is 35.5. The lowest BCUT2D eigenvalue weighted by molar-refractivity contribution is -0.145. The zero-order valence-corrected chi connectivity index (χ0v) is 14.9. The number of ether oxygens (including phenoxy) is 1. The van der Waals surface area contributed by atoms with E-state index in [4.69, 9.17) is 16.3 Å². The van der Waals surface area contributed by atoms with Crippen LogP contribution in [0, 0.1) is 6.92 Å². The average molecular weight is 364 g/mol. The van der Waals surface area contributed by atoms with E-state index in [-0.39, 0.29) is 5.91 Å². The Morgan fingerprint density at radius 3 is 2.96 bits per heavy atom. The van der Waals surface area contributed by atoms with E-state index in [0.717, 1.165) is 16.9 Å². The number of thiophene rings is 1. The number of aryl methyl sites for hydroxylation is 1.